The van der Waals surface area contributed by atoms with Crippen LogP contribution in [0.2, 0.25) is 0 Å². The largest absolute Gasteiger partial charge is 0.508 e. The summed E-state index contributed by atoms with van der Waals surface area (Å²) in [6.07, 6.45) is 0.891. The zero-order valence-electron chi connectivity index (χ0n) is 21.3. The maximum atomic E-state index is 13.1. The SMILES string of the molecule is CCC(C)C(NC(=O)C(C)NC(=O)C(Cc1ccc(O)cc1)NC(=O)C(N)Cc1ccccc1)C(=O)O. The number of aromatic hydroxyl groups is 1. The predicted molar refractivity (Wildman–Crippen MR) is 138 cm³/mol. The smallest absolute Gasteiger partial charge is 0.326 e. The quantitative estimate of drug-likeness (QED) is 0.233. The van der Waals surface area contributed by atoms with Crippen LogP contribution in [0.25, 0.3) is 0 Å². The van der Waals surface area contributed by atoms with E-state index in [9.17, 15) is 29.4 Å². The molecule has 0 saturated carbocycles. The number of hydrogen-bond donors (Lipinski definition) is 6. The average molecular weight is 513 g/mol. The van der Waals surface area contributed by atoms with E-state index in [0.717, 1.165) is 5.56 Å². The number of carboxylic acids is 1. The van der Waals surface area contributed by atoms with Gasteiger partial charge < -0.3 is 31.9 Å². The highest BCUT2D eigenvalue weighted by Gasteiger charge is 2.30. The topological polar surface area (TPSA) is 171 Å². The second-order valence-corrected chi connectivity index (χ2v) is 9.17. The molecule has 2 aromatic carbocycles. The second kappa shape index (κ2) is 14.0. The molecular weight excluding hydrogens is 476 g/mol. The number of amides is 3. The Morgan fingerprint density at radius 1 is 0.811 bits per heavy atom. The van der Waals surface area contributed by atoms with Crippen molar-refractivity contribution in [3.63, 3.8) is 0 Å². The molecule has 0 aliphatic heterocycles. The van der Waals surface area contributed by atoms with Crippen LogP contribution in [-0.2, 0) is 32.0 Å². The van der Waals surface area contributed by atoms with Gasteiger partial charge in [0.1, 0.15) is 23.9 Å². The molecule has 0 aliphatic carbocycles. The van der Waals surface area contributed by atoms with Crippen molar-refractivity contribution in [1.82, 2.24) is 16.0 Å². The van der Waals surface area contributed by atoms with Crippen LogP contribution in [0.1, 0.15) is 38.3 Å². The van der Waals surface area contributed by atoms with Crippen LogP contribution in [-0.4, -0.2) is 58.1 Å². The summed E-state index contributed by atoms with van der Waals surface area (Å²) >= 11 is 0. The zero-order valence-corrected chi connectivity index (χ0v) is 21.3. The fourth-order valence-electron chi connectivity index (χ4n) is 3.66. The first-order valence-electron chi connectivity index (χ1n) is 12.2. The number of carbonyl (C=O) groups is 4. The second-order valence-electron chi connectivity index (χ2n) is 9.17. The number of phenols is 1. The summed E-state index contributed by atoms with van der Waals surface area (Å²) < 4.78 is 0. The van der Waals surface area contributed by atoms with Gasteiger partial charge in [0, 0.05) is 6.42 Å². The Morgan fingerprint density at radius 2 is 1.41 bits per heavy atom. The van der Waals surface area contributed by atoms with Crippen LogP contribution in [0, 0.1) is 5.92 Å². The van der Waals surface area contributed by atoms with E-state index < -0.39 is 47.9 Å². The molecule has 2 aromatic rings. The van der Waals surface area contributed by atoms with Crippen molar-refractivity contribution in [2.45, 2.75) is 64.2 Å². The van der Waals surface area contributed by atoms with Gasteiger partial charge in [0.2, 0.25) is 17.7 Å². The average Bonchev–Trinajstić information content (AvgIpc) is 2.87. The highest BCUT2D eigenvalue weighted by molar-refractivity contribution is 5.94. The number of phenolic OH excluding ortho intramolecular Hbond substituents is 1. The molecule has 0 fully saturated rings. The maximum absolute atomic E-state index is 13.1. The molecule has 0 bridgehead atoms. The van der Waals surface area contributed by atoms with Crippen LogP contribution in [0.4, 0.5) is 0 Å². The van der Waals surface area contributed by atoms with Gasteiger partial charge in [-0.1, -0.05) is 62.7 Å². The van der Waals surface area contributed by atoms with E-state index in [-0.39, 0.29) is 24.5 Å². The van der Waals surface area contributed by atoms with Crippen molar-refractivity contribution >= 4 is 23.7 Å². The Hall–Kier alpha value is -3.92. The Labute approximate surface area is 216 Å². The fraction of sp³-hybridized carbons (Fsp3) is 0.407. The summed E-state index contributed by atoms with van der Waals surface area (Å²) in [5.74, 6) is -3.24. The number of carboxylic acid groups (broad SMARTS) is 1. The van der Waals surface area contributed by atoms with Crippen LogP contribution >= 0.6 is 0 Å². The molecule has 2 rings (SSSR count). The number of aliphatic carboxylic acids is 1. The molecule has 10 nitrogen and oxygen atoms in total. The lowest BCUT2D eigenvalue weighted by molar-refractivity contribution is -0.143. The standard InChI is InChI=1S/C27H36N4O6/c1-4-16(2)23(27(36)37)31-24(33)17(3)29-26(35)22(15-19-10-12-20(32)13-11-19)30-25(34)21(28)14-18-8-6-5-7-9-18/h5-13,16-17,21-23,32H,4,14-15,28H2,1-3H3,(H,29,35)(H,30,34)(H,31,33)(H,36,37). The fourth-order valence-corrected chi connectivity index (χ4v) is 3.66. The lowest BCUT2D eigenvalue weighted by Crippen LogP contribution is -2.57. The molecule has 0 saturated heterocycles. The first-order chi connectivity index (χ1) is 17.5. The van der Waals surface area contributed by atoms with Crippen molar-refractivity contribution < 1.29 is 29.4 Å². The van der Waals surface area contributed by atoms with E-state index in [0.29, 0.717) is 12.0 Å². The van der Waals surface area contributed by atoms with E-state index in [4.69, 9.17) is 5.73 Å². The molecule has 37 heavy (non-hydrogen) atoms. The van der Waals surface area contributed by atoms with Crippen LogP contribution in [0.3, 0.4) is 0 Å². The third-order valence-electron chi connectivity index (χ3n) is 6.17. The first kappa shape index (κ1) is 29.3. The van der Waals surface area contributed by atoms with Crippen molar-refractivity contribution in [2.75, 3.05) is 0 Å². The molecule has 0 heterocycles. The highest BCUT2D eigenvalue weighted by Crippen LogP contribution is 2.12. The number of hydrogen-bond acceptors (Lipinski definition) is 6. The van der Waals surface area contributed by atoms with Gasteiger partial charge >= 0.3 is 5.97 Å². The van der Waals surface area contributed by atoms with Gasteiger partial charge in [0.25, 0.3) is 0 Å². The van der Waals surface area contributed by atoms with Gasteiger partial charge in [-0.05, 0) is 42.5 Å². The van der Waals surface area contributed by atoms with Crippen molar-refractivity contribution in [1.29, 1.82) is 0 Å². The monoisotopic (exact) mass is 512 g/mol. The Balaban J connectivity index is 2.12. The number of nitrogens with two attached hydrogens (primary N) is 1. The molecule has 200 valence electrons. The summed E-state index contributed by atoms with van der Waals surface area (Å²) in [6, 6.07) is 11.2. The van der Waals surface area contributed by atoms with Crippen molar-refractivity contribution in [3.8, 4) is 5.75 Å². The molecule has 5 atom stereocenters. The summed E-state index contributed by atoms with van der Waals surface area (Å²) in [5.41, 5.74) is 7.62. The normalized spacial score (nSPS) is 14.9. The Bertz CT molecular complexity index is 1060. The lowest BCUT2D eigenvalue weighted by atomic mass is 9.99. The first-order valence-corrected chi connectivity index (χ1v) is 12.2. The minimum atomic E-state index is -1.16. The molecule has 0 aromatic heterocycles. The summed E-state index contributed by atoms with van der Waals surface area (Å²) in [6.45, 7) is 4.96. The van der Waals surface area contributed by atoms with Gasteiger partial charge in [0.15, 0.2) is 0 Å². The summed E-state index contributed by atoms with van der Waals surface area (Å²) in [7, 11) is 0. The number of benzene rings is 2. The highest BCUT2D eigenvalue weighted by atomic mass is 16.4. The van der Waals surface area contributed by atoms with Crippen molar-refractivity contribution in [3.05, 3.63) is 65.7 Å². The van der Waals surface area contributed by atoms with Crippen LogP contribution in [0.5, 0.6) is 5.75 Å². The van der Waals surface area contributed by atoms with Crippen LogP contribution in [0.15, 0.2) is 54.6 Å². The minimum Gasteiger partial charge on any atom is -0.508 e. The lowest BCUT2D eigenvalue weighted by Gasteiger charge is -2.25. The summed E-state index contributed by atoms with van der Waals surface area (Å²) in [4.78, 5) is 50.2. The molecule has 0 radical (unpaired) electrons. The number of nitrogens with one attached hydrogen (secondary N) is 3. The zero-order chi connectivity index (χ0) is 27.5. The molecule has 0 aliphatic rings. The van der Waals surface area contributed by atoms with Gasteiger partial charge in [-0.15, -0.1) is 0 Å². The molecule has 5 unspecified atom stereocenters. The van der Waals surface area contributed by atoms with E-state index in [2.05, 4.69) is 16.0 Å². The maximum Gasteiger partial charge on any atom is 0.326 e. The molecule has 3 amide bonds. The van der Waals surface area contributed by atoms with Crippen LogP contribution < -0.4 is 21.7 Å². The van der Waals surface area contributed by atoms with Gasteiger partial charge in [-0.2, -0.15) is 0 Å². The molecular formula is C27H36N4O6. The number of carbonyl (C=O) groups excluding carboxylic acids is 3. The van der Waals surface area contributed by atoms with E-state index in [1.165, 1.54) is 19.1 Å². The summed E-state index contributed by atoms with van der Waals surface area (Å²) in [5, 5.41) is 26.7. The third-order valence-corrected chi connectivity index (χ3v) is 6.17. The van der Waals surface area contributed by atoms with E-state index >= 15 is 0 Å². The molecule has 10 heteroatoms. The third kappa shape index (κ3) is 9.23. The Morgan fingerprint density at radius 3 is 1.97 bits per heavy atom. The number of rotatable bonds is 13. The van der Waals surface area contributed by atoms with E-state index in [1.54, 1.807) is 19.1 Å². The Kier molecular flexibility index (Phi) is 11.1. The molecule has 7 N–H and O–H groups in total. The predicted octanol–water partition coefficient (Wildman–Crippen LogP) is 1.11. The van der Waals surface area contributed by atoms with Crippen molar-refractivity contribution in [2.24, 2.45) is 11.7 Å². The molecule has 0 spiro atoms. The van der Waals surface area contributed by atoms with E-state index in [1.807, 2.05) is 37.3 Å². The minimum absolute atomic E-state index is 0.0539. The van der Waals surface area contributed by atoms with Gasteiger partial charge in [0.05, 0.1) is 6.04 Å². The van der Waals surface area contributed by atoms with Gasteiger partial charge in [-0.3, -0.25) is 14.4 Å². The van der Waals surface area contributed by atoms with Gasteiger partial charge in [-0.25, -0.2) is 4.79 Å².